The first-order chi connectivity index (χ1) is 12.8. The predicted octanol–water partition coefficient (Wildman–Crippen LogP) is 6.04. The molecule has 5 heteroatoms. The van der Waals surface area contributed by atoms with Gasteiger partial charge in [-0.15, -0.1) is 0 Å². The summed E-state index contributed by atoms with van der Waals surface area (Å²) in [7, 11) is 0. The van der Waals surface area contributed by atoms with Gasteiger partial charge in [0.1, 0.15) is 6.04 Å². The molecule has 1 aliphatic carbocycles. The van der Waals surface area contributed by atoms with Gasteiger partial charge in [0.25, 0.3) is 5.89 Å². The van der Waals surface area contributed by atoms with Crippen molar-refractivity contribution in [3.8, 4) is 22.8 Å². The van der Waals surface area contributed by atoms with Gasteiger partial charge in [-0.2, -0.15) is 15.2 Å². The van der Waals surface area contributed by atoms with Crippen LogP contribution in [0.1, 0.15) is 42.9 Å². The molecule has 5 rings (SSSR count). The van der Waals surface area contributed by atoms with E-state index in [9.17, 15) is 0 Å². The Labute approximate surface area is 152 Å². The summed E-state index contributed by atoms with van der Waals surface area (Å²) in [6.45, 7) is 2.06. The summed E-state index contributed by atoms with van der Waals surface area (Å²) in [4.78, 5) is 4.55. The molecule has 1 aromatic heterocycles. The highest BCUT2D eigenvalue weighted by Gasteiger charge is 2.31. The number of aryl methyl sites for hydroxylation is 1. The van der Waals surface area contributed by atoms with Gasteiger partial charge in [-0.25, -0.2) is 0 Å². The molecule has 5 nitrogen and oxygen atoms in total. The molecular weight excluding hydrogens is 324 g/mol. The van der Waals surface area contributed by atoms with Crippen LogP contribution < -0.4 is 0 Å². The van der Waals surface area contributed by atoms with Crippen molar-refractivity contribution in [1.82, 2.24) is 10.1 Å². The van der Waals surface area contributed by atoms with E-state index in [1.54, 1.807) is 0 Å². The zero-order chi connectivity index (χ0) is 17.5. The number of benzene rings is 2. The maximum atomic E-state index is 5.49. The van der Waals surface area contributed by atoms with Crippen molar-refractivity contribution < 1.29 is 4.52 Å². The molecular formula is C21H20N4O. The van der Waals surface area contributed by atoms with Crippen LogP contribution in [-0.4, -0.2) is 10.1 Å². The number of aromatic nitrogens is 2. The third kappa shape index (κ3) is 2.64. The van der Waals surface area contributed by atoms with Crippen molar-refractivity contribution in [1.29, 1.82) is 0 Å². The van der Waals surface area contributed by atoms with Gasteiger partial charge in [0.2, 0.25) is 5.82 Å². The second kappa shape index (κ2) is 6.16. The van der Waals surface area contributed by atoms with Crippen LogP contribution in [-0.2, 0) is 0 Å². The zero-order valence-electron chi connectivity index (χ0n) is 14.7. The van der Waals surface area contributed by atoms with E-state index in [2.05, 4.69) is 33.4 Å². The van der Waals surface area contributed by atoms with Gasteiger partial charge in [0.05, 0.1) is 5.69 Å². The van der Waals surface area contributed by atoms with E-state index in [1.807, 2.05) is 36.4 Å². The highest BCUT2D eigenvalue weighted by Crippen LogP contribution is 2.46. The second-order valence-electron chi connectivity index (χ2n) is 7.27. The van der Waals surface area contributed by atoms with Gasteiger partial charge in [-0.05, 0) is 37.8 Å². The van der Waals surface area contributed by atoms with Crippen molar-refractivity contribution in [2.24, 2.45) is 16.1 Å². The van der Waals surface area contributed by atoms with E-state index in [-0.39, 0.29) is 6.04 Å². The Morgan fingerprint density at radius 3 is 2.54 bits per heavy atom. The lowest BCUT2D eigenvalue weighted by Gasteiger charge is -2.15. The summed E-state index contributed by atoms with van der Waals surface area (Å²) >= 11 is 0. The lowest BCUT2D eigenvalue weighted by Crippen LogP contribution is -2.04. The number of fused-ring (bicyclic) bond motifs is 1. The van der Waals surface area contributed by atoms with Crippen molar-refractivity contribution in [3.63, 3.8) is 0 Å². The monoisotopic (exact) mass is 344 g/mol. The Hall–Kier alpha value is -2.82. The molecule has 1 aliphatic heterocycles. The van der Waals surface area contributed by atoms with Crippen LogP contribution in [0.3, 0.4) is 0 Å². The summed E-state index contributed by atoms with van der Waals surface area (Å²) in [6, 6.07) is 14.5. The third-order valence-electron chi connectivity index (χ3n) is 5.47. The van der Waals surface area contributed by atoms with Crippen molar-refractivity contribution in [2.45, 2.75) is 38.6 Å². The topological polar surface area (TPSA) is 63.6 Å². The first-order valence-corrected chi connectivity index (χ1v) is 9.24. The normalized spacial score (nSPS) is 19.2. The minimum absolute atomic E-state index is 0.229. The molecule has 3 aromatic rings. The van der Waals surface area contributed by atoms with Gasteiger partial charge in [0.15, 0.2) is 0 Å². The predicted molar refractivity (Wildman–Crippen MR) is 99.1 cm³/mol. The Bertz CT molecular complexity index is 968. The first kappa shape index (κ1) is 15.4. The lowest BCUT2D eigenvalue weighted by atomic mass is 9.91. The molecule has 0 spiro atoms. The van der Waals surface area contributed by atoms with Gasteiger partial charge in [0, 0.05) is 16.7 Å². The Morgan fingerprint density at radius 2 is 1.73 bits per heavy atom. The second-order valence-corrected chi connectivity index (χ2v) is 7.27. The molecule has 26 heavy (non-hydrogen) atoms. The van der Waals surface area contributed by atoms with Crippen molar-refractivity contribution in [3.05, 3.63) is 53.6 Å². The summed E-state index contributed by atoms with van der Waals surface area (Å²) in [6.07, 6.45) is 5.14. The zero-order valence-corrected chi connectivity index (χ0v) is 14.7. The minimum atomic E-state index is 0.229. The quantitative estimate of drug-likeness (QED) is 0.582. The fourth-order valence-corrected chi connectivity index (χ4v) is 3.98. The van der Waals surface area contributed by atoms with E-state index in [4.69, 9.17) is 4.52 Å². The van der Waals surface area contributed by atoms with E-state index < -0.39 is 0 Å². The van der Waals surface area contributed by atoms with Gasteiger partial charge >= 0.3 is 0 Å². The van der Waals surface area contributed by atoms with E-state index >= 15 is 0 Å². The molecule has 0 radical (unpaired) electrons. The number of hydrogen-bond donors (Lipinski definition) is 0. The molecule has 0 N–H and O–H groups in total. The third-order valence-corrected chi connectivity index (χ3v) is 5.47. The molecule has 2 heterocycles. The van der Waals surface area contributed by atoms with Crippen LogP contribution in [0.4, 0.5) is 5.69 Å². The molecule has 0 saturated heterocycles. The average Bonchev–Trinajstić information content (AvgIpc) is 3.41. The molecule has 130 valence electrons. The number of rotatable bonds is 3. The maximum absolute atomic E-state index is 5.49. The summed E-state index contributed by atoms with van der Waals surface area (Å²) < 4.78 is 5.49. The Morgan fingerprint density at radius 1 is 0.962 bits per heavy atom. The lowest BCUT2D eigenvalue weighted by molar-refractivity contribution is 0.432. The van der Waals surface area contributed by atoms with Crippen molar-refractivity contribution >= 4 is 5.69 Å². The summed E-state index contributed by atoms with van der Waals surface area (Å²) in [5, 5.41) is 13.1. The van der Waals surface area contributed by atoms with Gasteiger partial charge in [-0.1, -0.05) is 53.9 Å². The molecule has 0 amide bonds. The number of hydrogen-bond acceptors (Lipinski definition) is 5. The molecule has 1 saturated carbocycles. The van der Waals surface area contributed by atoms with Crippen LogP contribution in [0.5, 0.6) is 0 Å². The molecule has 1 atom stereocenters. The summed E-state index contributed by atoms with van der Waals surface area (Å²) in [5.74, 6) is 1.76. The average molecular weight is 344 g/mol. The van der Waals surface area contributed by atoms with Crippen LogP contribution in [0.25, 0.3) is 22.8 Å². The Kier molecular flexibility index (Phi) is 3.66. The van der Waals surface area contributed by atoms with E-state index in [0.29, 0.717) is 17.6 Å². The molecule has 1 unspecified atom stereocenters. The highest BCUT2D eigenvalue weighted by atomic mass is 16.5. The number of azo groups is 1. The van der Waals surface area contributed by atoms with Crippen LogP contribution in [0.15, 0.2) is 57.2 Å². The standard InChI is InChI=1S/C21H20N4O/c1-13-6-8-15(9-7-13)20-22-21(26-25-20)16-10-11-17-18(12-16)23-24-19(17)14-4-2-3-5-14/h6-12,14,19H,2-5H2,1H3. The minimum Gasteiger partial charge on any atom is -0.334 e. The maximum Gasteiger partial charge on any atom is 0.258 e. The summed E-state index contributed by atoms with van der Waals surface area (Å²) in [5.41, 5.74) is 5.22. The number of nitrogens with zero attached hydrogens (tertiary/aromatic N) is 4. The highest BCUT2D eigenvalue weighted by molar-refractivity contribution is 5.66. The van der Waals surface area contributed by atoms with Crippen LogP contribution in [0, 0.1) is 12.8 Å². The smallest absolute Gasteiger partial charge is 0.258 e. The van der Waals surface area contributed by atoms with E-state index in [1.165, 1.54) is 36.8 Å². The fraction of sp³-hybridized carbons (Fsp3) is 0.333. The molecule has 0 bridgehead atoms. The largest absolute Gasteiger partial charge is 0.334 e. The first-order valence-electron chi connectivity index (χ1n) is 9.24. The van der Waals surface area contributed by atoms with E-state index in [0.717, 1.165) is 16.8 Å². The van der Waals surface area contributed by atoms with Crippen LogP contribution in [0.2, 0.25) is 0 Å². The molecule has 1 fully saturated rings. The van der Waals surface area contributed by atoms with Crippen LogP contribution >= 0.6 is 0 Å². The van der Waals surface area contributed by atoms with Crippen molar-refractivity contribution in [2.75, 3.05) is 0 Å². The SMILES string of the molecule is Cc1ccc(-c2noc(-c3ccc4c(c3)N=NC4C3CCCC3)n2)cc1. The molecule has 2 aromatic carbocycles. The molecule has 2 aliphatic rings. The fourth-order valence-electron chi connectivity index (χ4n) is 3.98. The Balaban J connectivity index is 1.43. The van der Waals surface area contributed by atoms with Gasteiger partial charge < -0.3 is 4.52 Å². The van der Waals surface area contributed by atoms with Gasteiger partial charge in [-0.3, -0.25) is 0 Å².